The number of fused-ring (bicyclic) bond motifs is 1. The fraction of sp³-hybridized carbons (Fsp3) is 0.0417. The number of pyridine rings is 3. The molecule has 0 unspecified atom stereocenters. The van der Waals surface area contributed by atoms with E-state index in [-0.39, 0.29) is 11.6 Å². The second-order valence-electron chi connectivity index (χ2n) is 7.31. The number of anilines is 2. The number of nitrogen functional groups attached to an aromatic ring is 1. The molecule has 0 saturated heterocycles. The third-order valence-electron chi connectivity index (χ3n) is 5.00. The Morgan fingerprint density at radius 1 is 0.971 bits per heavy atom. The lowest BCUT2D eigenvalue weighted by molar-refractivity contribution is 0.102. The molecule has 10 heteroatoms. The first-order chi connectivity index (χ1) is 16.6. The van der Waals surface area contributed by atoms with Crippen LogP contribution in [0.4, 0.5) is 11.4 Å². The molecule has 1 aromatic carbocycles. The summed E-state index contributed by atoms with van der Waals surface area (Å²) < 4.78 is 10.8. The standard InChI is InChI=1S/C24H19N7O3/c1-33-22-10-18(6-7-27-22)34-21-5-3-17(13-28-21)29-24(32)23-19-9-14(2-4-20(19)30-31-23)15-8-16(25)12-26-11-15/h2-13H,25H2,1H3,(H,29,32)(H,30,31). The maximum absolute atomic E-state index is 12.9. The number of carbonyl (C=O) groups excluding carboxylic acids is 1. The normalized spacial score (nSPS) is 10.7. The highest BCUT2D eigenvalue weighted by Crippen LogP contribution is 2.27. The van der Waals surface area contributed by atoms with Crippen LogP contribution in [0.15, 0.2) is 73.3 Å². The van der Waals surface area contributed by atoms with Gasteiger partial charge in [-0.2, -0.15) is 5.10 Å². The molecule has 5 aromatic rings. The Labute approximate surface area is 193 Å². The van der Waals surface area contributed by atoms with Crippen LogP contribution < -0.4 is 20.5 Å². The van der Waals surface area contributed by atoms with Gasteiger partial charge < -0.3 is 20.5 Å². The Kier molecular flexibility index (Phi) is 5.45. The van der Waals surface area contributed by atoms with Crippen LogP contribution in [-0.2, 0) is 0 Å². The van der Waals surface area contributed by atoms with Crippen molar-refractivity contribution in [3.63, 3.8) is 0 Å². The van der Waals surface area contributed by atoms with Crippen molar-refractivity contribution in [2.24, 2.45) is 0 Å². The molecule has 0 spiro atoms. The van der Waals surface area contributed by atoms with E-state index < -0.39 is 0 Å². The molecule has 10 nitrogen and oxygen atoms in total. The maximum atomic E-state index is 12.9. The maximum Gasteiger partial charge on any atom is 0.276 e. The van der Waals surface area contributed by atoms with Crippen LogP contribution >= 0.6 is 0 Å². The number of nitrogens with two attached hydrogens (primary N) is 1. The number of ether oxygens (including phenoxy) is 2. The molecule has 0 aliphatic rings. The molecule has 168 valence electrons. The lowest BCUT2D eigenvalue weighted by Gasteiger charge is -2.07. The van der Waals surface area contributed by atoms with Crippen molar-refractivity contribution in [2.75, 3.05) is 18.2 Å². The van der Waals surface area contributed by atoms with E-state index in [1.54, 1.807) is 42.9 Å². The lowest BCUT2D eigenvalue weighted by Crippen LogP contribution is -2.13. The minimum absolute atomic E-state index is 0.262. The van der Waals surface area contributed by atoms with Gasteiger partial charge in [0.05, 0.1) is 30.2 Å². The Balaban J connectivity index is 1.33. The molecule has 0 aliphatic carbocycles. The Morgan fingerprint density at radius 2 is 1.88 bits per heavy atom. The summed E-state index contributed by atoms with van der Waals surface area (Å²) in [4.78, 5) is 25.3. The highest BCUT2D eigenvalue weighted by atomic mass is 16.5. The first kappa shape index (κ1) is 20.9. The van der Waals surface area contributed by atoms with Crippen LogP contribution in [0.25, 0.3) is 22.0 Å². The molecule has 0 bridgehead atoms. The van der Waals surface area contributed by atoms with Gasteiger partial charge in [0.15, 0.2) is 5.69 Å². The van der Waals surface area contributed by atoms with Gasteiger partial charge in [-0.25, -0.2) is 9.97 Å². The zero-order valence-corrected chi connectivity index (χ0v) is 18.0. The number of hydrogen-bond acceptors (Lipinski definition) is 8. The minimum atomic E-state index is -0.372. The fourth-order valence-corrected chi connectivity index (χ4v) is 3.37. The third kappa shape index (κ3) is 4.32. The highest BCUT2D eigenvalue weighted by Gasteiger charge is 2.16. The number of H-pyrrole nitrogens is 1. The Hall–Kier alpha value is -4.99. The van der Waals surface area contributed by atoms with E-state index >= 15 is 0 Å². The summed E-state index contributed by atoms with van der Waals surface area (Å²) in [5.74, 6) is 0.952. The van der Waals surface area contributed by atoms with Gasteiger partial charge in [-0.3, -0.25) is 14.9 Å². The molecule has 0 radical (unpaired) electrons. The van der Waals surface area contributed by atoms with Gasteiger partial charge in [-0.05, 0) is 35.9 Å². The van der Waals surface area contributed by atoms with Crippen LogP contribution in [0.2, 0.25) is 0 Å². The van der Waals surface area contributed by atoms with Gasteiger partial charge in [-0.15, -0.1) is 0 Å². The van der Waals surface area contributed by atoms with E-state index in [1.807, 2.05) is 24.3 Å². The van der Waals surface area contributed by atoms with E-state index in [0.29, 0.717) is 34.3 Å². The van der Waals surface area contributed by atoms with Crippen molar-refractivity contribution in [1.29, 1.82) is 0 Å². The summed E-state index contributed by atoms with van der Waals surface area (Å²) in [7, 11) is 1.53. The summed E-state index contributed by atoms with van der Waals surface area (Å²) in [5.41, 5.74) is 9.63. The number of benzene rings is 1. The highest BCUT2D eigenvalue weighted by molar-refractivity contribution is 6.11. The van der Waals surface area contributed by atoms with E-state index in [0.717, 1.165) is 16.6 Å². The van der Waals surface area contributed by atoms with Crippen LogP contribution in [-0.4, -0.2) is 38.2 Å². The van der Waals surface area contributed by atoms with Gasteiger partial charge in [0.25, 0.3) is 5.91 Å². The first-order valence-electron chi connectivity index (χ1n) is 10.2. The van der Waals surface area contributed by atoms with Crippen molar-refractivity contribution in [1.82, 2.24) is 25.1 Å². The molecule has 4 heterocycles. The summed E-state index contributed by atoms with van der Waals surface area (Å²) >= 11 is 0. The van der Waals surface area contributed by atoms with E-state index in [2.05, 4.69) is 30.5 Å². The summed E-state index contributed by atoms with van der Waals surface area (Å²) in [6.07, 6.45) is 6.38. The third-order valence-corrected chi connectivity index (χ3v) is 5.00. The molecule has 5 rings (SSSR count). The number of aromatic nitrogens is 5. The molecule has 0 fully saturated rings. The van der Waals surface area contributed by atoms with Crippen LogP contribution in [0, 0.1) is 0 Å². The van der Waals surface area contributed by atoms with E-state index in [4.69, 9.17) is 15.2 Å². The average Bonchev–Trinajstić information content (AvgIpc) is 3.29. The second kappa shape index (κ2) is 8.87. The van der Waals surface area contributed by atoms with Crippen LogP contribution in [0.3, 0.4) is 0 Å². The first-order valence-corrected chi connectivity index (χ1v) is 10.2. The lowest BCUT2D eigenvalue weighted by atomic mass is 10.0. The fourth-order valence-electron chi connectivity index (χ4n) is 3.37. The van der Waals surface area contributed by atoms with Gasteiger partial charge in [0.1, 0.15) is 5.75 Å². The molecule has 0 atom stereocenters. The Morgan fingerprint density at radius 3 is 2.68 bits per heavy atom. The van der Waals surface area contributed by atoms with Crippen molar-refractivity contribution >= 4 is 28.2 Å². The monoisotopic (exact) mass is 453 g/mol. The van der Waals surface area contributed by atoms with Crippen molar-refractivity contribution in [3.05, 3.63) is 79.0 Å². The zero-order chi connectivity index (χ0) is 23.5. The smallest absolute Gasteiger partial charge is 0.276 e. The number of methoxy groups -OCH3 is 1. The average molecular weight is 453 g/mol. The van der Waals surface area contributed by atoms with Gasteiger partial charge in [-0.1, -0.05) is 6.07 Å². The predicted octanol–water partition coefficient (Wildman–Crippen LogP) is 4.05. The molecular formula is C24H19N7O3. The molecule has 34 heavy (non-hydrogen) atoms. The zero-order valence-electron chi connectivity index (χ0n) is 18.0. The Bertz CT molecular complexity index is 1480. The predicted molar refractivity (Wildman–Crippen MR) is 127 cm³/mol. The van der Waals surface area contributed by atoms with Crippen molar-refractivity contribution in [2.45, 2.75) is 0 Å². The van der Waals surface area contributed by atoms with E-state index in [9.17, 15) is 4.79 Å². The number of aromatic amines is 1. The number of hydrogen-bond donors (Lipinski definition) is 3. The van der Waals surface area contributed by atoms with Gasteiger partial charge >= 0.3 is 0 Å². The number of nitrogens with zero attached hydrogens (tertiary/aromatic N) is 4. The molecule has 0 aliphatic heterocycles. The van der Waals surface area contributed by atoms with Crippen molar-refractivity contribution in [3.8, 4) is 28.6 Å². The SMILES string of the molecule is COc1cc(Oc2ccc(NC(=O)c3n[nH]c4ccc(-c5cncc(N)c5)cc34)cn2)ccn1. The largest absolute Gasteiger partial charge is 0.481 e. The van der Waals surface area contributed by atoms with E-state index in [1.165, 1.54) is 13.3 Å². The van der Waals surface area contributed by atoms with Crippen LogP contribution in [0.5, 0.6) is 17.5 Å². The van der Waals surface area contributed by atoms with Crippen molar-refractivity contribution < 1.29 is 14.3 Å². The van der Waals surface area contributed by atoms with Crippen LogP contribution in [0.1, 0.15) is 10.5 Å². The number of rotatable bonds is 6. The topological polar surface area (TPSA) is 141 Å². The number of nitrogens with one attached hydrogen (secondary N) is 2. The number of amides is 1. The quantitative estimate of drug-likeness (QED) is 0.350. The minimum Gasteiger partial charge on any atom is -0.481 e. The summed E-state index contributed by atoms with van der Waals surface area (Å²) in [6, 6.07) is 14.2. The molecule has 4 aromatic heterocycles. The number of carbonyl (C=O) groups is 1. The van der Waals surface area contributed by atoms with Gasteiger partial charge in [0.2, 0.25) is 11.8 Å². The summed E-state index contributed by atoms with van der Waals surface area (Å²) in [6.45, 7) is 0. The summed E-state index contributed by atoms with van der Waals surface area (Å²) in [5, 5.41) is 10.6. The molecular weight excluding hydrogens is 434 g/mol. The van der Waals surface area contributed by atoms with Gasteiger partial charge in [0, 0.05) is 41.7 Å². The second-order valence-corrected chi connectivity index (χ2v) is 7.31. The molecule has 1 amide bonds. The molecule has 0 saturated carbocycles. The molecule has 4 N–H and O–H groups in total.